The molecule has 1 aromatic heterocycles. The first-order valence-electron chi connectivity index (χ1n) is 8.05. The largest absolute Gasteiger partial charge is 0.497 e. The zero-order chi connectivity index (χ0) is 19.0. The van der Waals surface area contributed by atoms with Crippen molar-refractivity contribution in [1.82, 2.24) is 20.2 Å². The summed E-state index contributed by atoms with van der Waals surface area (Å²) in [5, 5.41) is 15.1. The Morgan fingerprint density at radius 3 is 2.78 bits per heavy atom. The molecule has 1 aliphatic rings. The molecule has 9 heteroatoms. The number of tetrazole rings is 1. The number of nitrogens with zero attached hydrogens (tertiary/aromatic N) is 4. The summed E-state index contributed by atoms with van der Waals surface area (Å²) >= 11 is 6.28. The van der Waals surface area contributed by atoms with Crippen molar-refractivity contribution < 1.29 is 13.9 Å². The number of ether oxygens (including phenoxy) is 2. The summed E-state index contributed by atoms with van der Waals surface area (Å²) in [6.07, 6.45) is 1.80. The molecule has 0 amide bonds. The van der Waals surface area contributed by atoms with E-state index in [0.717, 1.165) is 5.56 Å². The van der Waals surface area contributed by atoms with Gasteiger partial charge in [0.05, 0.1) is 19.9 Å². The van der Waals surface area contributed by atoms with Gasteiger partial charge in [-0.3, -0.25) is 0 Å². The molecule has 4 rings (SSSR count). The molecule has 0 saturated heterocycles. The van der Waals surface area contributed by atoms with E-state index in [9.17, 15) is 4.39 Å². The van der Waals surface area contributed by atoms with E-state index in [0.29, 0.717) is 33.7 Å². The highest BCUT2D eigenvalue weighted by molar-refractivity contribution is 6.31. The van der Waals surface area contributed by atoms with Crippen LogP contribution in [-0.2, 0) is 0 Å². The Bertz CT molecular complexity index is 1020. The van der Waals surface area contributed by atoms with E-state index in [-0.39, 0.29) is 0 Å². The predicted octanol–water partition coefficient (Wildman–Crippen LogP) is 3.54. The Labute approximate surface area is 159 Å². The topological polar surface area (TPSA) is 74.1 Å². The lowest BCUT2D eigenvalue weighted by Gasteiger charge is -2.25. The normalized spacial score (nSPS) is 15.6. The monoisotopic (exact) mass is 387 g/mol. The van der Waals surface area contributed by atoms with Crippen molar-refractivity contribution >= 4 is 23.2 Å². The highest BCUT2D eigenvalue weighted by atomic mass is 35.5. The highest BCUT2D eigenvalue weighted by Gasteiger charge is 2.29. The number of nitrogens with one attached hydrogen (secondary N) is 1. The van der Waals surface area contributed by atoms with Crippen LogP contribution in [0.5, 0.6) is 11.5 Å². The summed E-state index contributed by atoms with van der Waals surface area (Å²) in [6, 6.07) is 9.34. The van der Waals surface area contributed by atoms with E-state index in [4.69, 9.17) is 21.1 Å². The SMILES string of the molecule is COc1ccc(C2=C[C@@H](c3c(F)cccc3Cl)n3nnnc3N2)c(OC)c1. The van der Waals surface area contributed by atoms with Gasteiger partial charge in [0.1, 0.15) is 23.4 Å². The second-order valence-electron chi connectivity index (χ2n) is 5.80. The van der Waals surface area contributed by atoms with E-state index < -0.39 is 11.9 Å². The molecule has 2 heterocycles. The fraction of sp³-hybridized carbons (Fsp3) is 0.167. The molecular formula is C18H15ClFN5O2. The molecular weight excluding hydrogens is 373 g/mol. The smallest absolute Gasteiger partial charge is 0.248 e. The number of allylic oxidation sites excluding steroid dienone is 1. The Balaban J connectivity index is 1.87. The lowest BCUT2D eigenvalue weighted by molar-refractivity contribution is 0.393. The zero-order valence-corrected chi connectivity index (χ0v) is 15.2. The highest BCUT2D eigenvalue weighted by Crippen LogP contribution is 2.38. The van der Waals surface area contributed by atoms with E-state index in [1.807, 2.05) is 12.1 Å². The zero-order valence-electron chi connectivity index (χ0n) is 14.5. The van der Waals surface area contributed by atoms with Crippen molar-refractivity contribution in [2.24, 2.45) is 0 Å². The van der Waals surface area contributed by atoms with Crippen molar-refractivity contribution in [2.75, 3.05) is 19.5 Å². The fourth-order valence-electron chi connectivity index (χ4n) is 3.03. The van der Waals surface area contributed by atoms with Crippen LogP contribution in [0.2, 0.25) is 5.02 Å². The first kappa shape index (κ1) is 17.3. The van der Waals surface area contributed by atoms with Gasteiger partial charge in [-0.05, 0) is 40.8 Å². The van der Waals surface area contributed by atoms with Crippen LogP contribution in [-0.4, -0.2) is 34.4 Å². The number of hydrogen-bond acceptors (Lipinski definition) is 6. The maximum atomic E-state index is 14.6. The summed E-state index contributed by atoms with van der Waals surface area (Å²) in [5.74, 6) is 1.18. The van der Waals surface area contributed by atoms with Crippen LogP contribution in [0.1, 0.15) is 17.2 Å². The quantitative estimate of drug-likeness (QED) is 0.738. The summed E-state index contributed by atoms with van der Waals surface area (Å²) in [6.45, 7) is 0. The van der Waals surface area contributed by atoms with Gasteiger partial charge in [0.25, 0.3) is 0 Å². The third kappa shape index (κ3) is 2.97. The number of fused-ring (bicyclic) bond motifs is 1. The number of rotatable bonds is 4. The first-order valence-corrected chi connectivity index (χ1v) is 8.43. The summed E-state index contributed by atoms with van der Waals surface area (Å²) in [7, 11) is 3.15. The van der Waals surface area contributed by atoms with Gasteiger partial charge in [0.15, 0.2) is 0 Å². The molecule has 0 spiro atoms. The molecule has 0 unspecified atom stereocenters. The van der Waals surface area contributed by atoms with E-state index in [2.05, 4.69) is 20.8 Å². The lowest BCUT2D eigenvalue weighted by Crippen LogP contribution is -2.21. The lowest BCUT2D eigenvalue weighted by atomic mass is 10.0. The number of aromatic nitrogens is 4. The van der Waals surface area contributed by atoms with Crippen LogP contribution < -0.4 is 14.8 Å². The van der Waals surface area contributed by atoms with E-state index in [1.54, 1.807) is 38.5 Å². The maximum absolute atomic E-state index is 14.6. The number of anilines is 1. The van der Waals surface area contributed by atoms with Crippen molar-refractivity contribution in [1.29, 1.82) is 0 Å². The minimum Gasteiger partial charge on any atom is -0.497 e. The average Bonchev–Trinajstić information content (AvgIpc) is 3.16. The third-order valence-electron chi connectivity index (χ3n) is 4.32. The Hall–Kier alpha value is -3.13. The average molecular weight is 388 g/mol. The van der Waals surface area contributed by atoms with Crippen LogP contribution >= 0.6 is 11.6 Å². The number of benzene rings is 2. The minimum absolute atomic E-state index is 0.291. The number of methoxy groups -OCH3 is 2. The molecule has 3 aromatic rings. The van der Waals surface area contributed by atoms with Crippen LogP contribution in [0.25, 0.3) is 5.70 Å². The molecule has 1 N–H and O–H groups in total. The van der Waals surface area contributed by atoms with Gasteiger partial charge >= 0.3 is 0 Å². The third-order valence-corrected chi connectivity index (χ3v) is 4.65. The molecule has 138 valence electrons. The van der Waals surface area contributed by atoms with Crippen LogP contribution in [0.3, 0.4) is 0 Å². The predicted molar refractivity (Wildman–Crippen MR) is 98.5 cm³/mol. The molecule has 0 aliphatic carbocycles. The van der Waals surface area contributed by atoms with Gasteiger partial charge in [-0.15, -0.1) is 0 Å². The van der Waals surface area contributed by atoms with Crippen LogP contribution in [0, 0.1) is 5.82 Å². The molecule has 0 radical (unpaired) electrons. The summed E-state index contributed by atoms with van der Waals surface area (Å²) in [4.78, 5) is 0. The van der Waals surface area contributed by atoms with Gasteiger partial charge in [-0.1, -0.05) is 22.8 Å². The van der Waals surface area contributed by atoms with E-state index in [1.165, 1.54) is 10.7 Å². The van der Waals surface area contributed by atoms with Gasteiger partial charge < -0.3 is 14.8 Å². The molecule has 27 heavy (non-hydrogen) atoms. The number of hydrogen-bond donors (Lipinski definition) is 1. The van der Waals surface area contributed by atoms with Crippen molar-refractivity contribution in [3.8, 4) is 11.5 Å². The first-order chi connectivity index (χ1) is 13.1. The van der Waals surface area contributed by atoms with E-state index >= 15 is 0 Å². The molecule has 2 aromatic carbocycles. The fourth-order valence-corrected chi connectivity index (χ4v) is 3.31. The maximum Gasteiger partial charge on any atom is 0.248 e. The molecule has 0 fully saturated rings. The van der Waals surface area contributed by atoms with Gasteiger partial charge in [-0.25, -0.2) is 4.39 Å². The summed E-state index contributed by atoms with van der Waals surface area (Å²) in [5.41, 5.74) is 1.71. The standard InChI is InChI=1S/C18H15ClFN5O2/c1-26-10-6-7-11(16(8-10)27-2)14-9-15(25-18(21-14)22-23-24-25)17-12(19)4-3-5-13(17)20/h3-9,15H,1-2H3,(H,21,22,24)/t15-/m0/s1. The van der Waals surface area contributed by atoms with Gasteiger partial charge in [0.2, 0.25) is 5.95 Å². The van der Waals surface area contributed by atoms with Crippen molar-refractivity contribution in [3.05, 3.63) is 64.4 Å². The second kappa shape index (κ2) is 6.88. The summed E-state index contributed by atoms with van der Waals surface area (Å²) < 4.78 is 26.7. The molecule has 0 bridgehead atoms. The molecule has 0 saturated carbocycles. The van der Waals surface area contributed by atoms with Crippen LogP contribution in [0.4, 0.5) is 10.3 Å². The Morgan fingerprint density at radius 1 is 1.19 bits per heavy atom. The molecule has 7 nitrogen and oxygen atoms in total. The van der Waals surface area contributed by atoms with Gasteiger partial charge in [-0.2, -0.15) is 4.68 Å². The van der Waals surface area contributed by atoms with Crippen molar-refractivity contribution in [3.63, 3.8) is 0 Å². The Kier molecular flexibility index (Phi) is 4.41. The second-order valence-corrected chi connectivity index (χ2v) is 6.21. The molecule has 1 atom stereocenters. The van der Waals surface area contributed by atoms with Gasteiger partial charge in [0, 0.05) is 22.2 Å². The van der Waals surface area contributed by atoms with Crippen molar-refractivity contribution in [2.45, 2.75) is 6.04 Å². The number of halogens is 2. The van der Waals surface area contributed by atoms with Crippen LogP contribution in [0.15, 0.2) is 42.5 Å². The Morgan fingerprint density at radius 2 is 2.04 bits per heavy atom. The molecule has 1 aliphatic heterocycles. The minimum atomic E-state index is -0.619.